The van der Waals surface area contributed by atoms with Gasteiger partial charge in [-0.25, -0.2) is 0 Å². The van der Waals surface area contributed by atoms with Gasteiger partial charge in [0.2, 0.25) is 0 Å². The molecule has 3 rings (SSSR count). The Balaban J connectivity index is 1.78. The zero-order valence-electron chi connectivity index (χ0n) is 13.9. The molecule has 0 amide bonds. The van der Waals surface area contributed by atoms with Crippen LogP contribution in [0.4, 0.5) is 0 Å². The second-order valence-electron chi connectivity index (χ2n) is 6.44. The van der Waals surface area contributed by atoms with Crippen LogP contribution in [0.5, 0.6) is 5.75 Å². The molecule has 1 saturated carbocycles. The third kappa shape index (κ3) is 3.19. The lowest BCUT2D eigenvalue weighted by atomic mass is 9.86. The lowest BCUT2D eigenvalue weighted by molar-refractivity contribution is -0.140. The van der Waals surface area contributed by atoms with Crippen molar-refractivity contribution in [1.82, 2.24) is 0 Å². The molecule has 0 radical (unpaired) electrons. The van der Waals surface area contributed by atoms with E-state index in [0.29, 0.717) is 12.8 Å². The summed E-state index contributed by atoms with van der Waals surface area (Å²) in [6, 6.07) is 6.10. The number of hydrogen-bond acceptors (Lipinski definition) is 5. The summed E-state index contributed by atoms with van der Waals surface area (Å²) in [6.07, 6.45) is 5.60. The molecule has 0 aromatic heterocycles. The number of aryl methyl sites for hydroxylation is 1. The van der Waals surface area contributed by atoms with Crippen LogP contribution < -0.4 is 4.74 Å². The van der Waals surface area contributed by atoms with Crippen LogP contribution in [-0.4, -0.2) is 42.1 Å². The Morgan fingerprint density at radius 3 is 3.04 bits per heavy atom. The summed E-state index contributed by atoms with van der Waals surface area (Å²) >= 11 is 0. The quantitative estimate of drug-likeness (QED) is 0.615. The molecule has 2 aliphatic rings. The van der Waals surface area contributed by atoms with Crippen LogP contribution in [-0.2, 0) is 16.0 Å². The number of rotatable bonds is 6. The van der Waals surface area contributed by atoms with Gasteiger partial charge in [-0.15, -0.1) is 0 Å². The molecule has 1 aliphatic carbocycles. The predicted molar refractivity (Wildman–Crippen MR) is 88.9 cm³/mol. The summed E-state index contributed by atoms with van der Waals surface area (Å²) < 4.78 is 10.8. The van der Waals surface area contributed by atoms with E-state index >= 15 is 0 Å². The van der Waals surface area contributed by atoms with E-state index < -0.39 is 6.10 Å². The molecule has 5 heteroatoms. The van der Waals surface area contributed by atoms with Crippen molar-refractivity contribution in [3.05, 3.63) is 41.5 Å². The first-order valence-corrected chi connectivity index (χ1v) is 8.46. The fourth-order valence-electron chi connectivity index (χ4n) is 3.91. The third-order valence-corrected chi connectivity index (χ3v) is 5.01. The minimum absolute atomic E-state index is 0.0231. The van der Waals surface area contributed by atoms with Crippen molar-refractivity contribution in [3.8, 4) is 5.75 Å². The molecule has 0 saturated heterocycles. The third-order valence-electron chi connectivity index (χ3n) is 5.01. The van der Waals surface area contributed by atoms with Gasteiger partial charge in [0, 0.05) is 30.2 Å². The Hall–Kier alpha value is -1.85. The summed E-state index contributed by atoms with van der Waals surface area (Å²) in [5.41, 5.74) is 2.23. The van der Waals surface area contributed by atoms with Crippen LogP contribution in [0.2, 0.25) is 0 Å². The van der Waals surface area contributed by atoms with Crippen molar-refractivity contribution >= 4 is 5.97 Å². The van der Waals surface area contributed by atoms with E-state index in [1.807, 2.05) is 18.2 Å². The van der Waals surface area contributed by atoms with E-state index in [2.05, 4.69) is 10.8 Å². The summed E-state index contributed by atoms with van der Waals surface area (Å²) in [6.45, 7) is -0.0259. The van der Waals surface area contributed by atoms with Gasteiger partial charge in [-0.2, -0.15) is 0 Å². The highest BCUT2D eigenvalue weighted by Gasteiger charge is 2.48. The van der Waals surface area contributed by atoms with Crippen molar-refractivity contribution in [3.63, 3.8) is 0 Å². The Morgan fingerprint density at radius 2 is 2.29 bits per heavy atom. The maximum absolute atomic E-state index is 11.3. The van der Waals surface area contributed by atoms with Crippen molar-refractivity contribution in [1.29, 1.82) is 0 Å². The Bertz CT molecular complexity index is 624. The average molecular weight is 332 g/mol. The number of carbonyl (C=O) groups excluding carboxylic acids is 1. The largest absolute Gasteiger partial charge is 0.489 e. The lowest BCUT2D eigenvalue weighted by Gasteiger charge is -2.17. The van der Waals surface area contributed by atoms with Gasteiger partial charge in [-0.1, -0.05) is 30.4 Å². The van der Waals surface area contributed by atoms with Gasteiger partial charge < -0.3 is 19.7 Å². The number of esters is 1. The minimum atomic E-state index is -0.445. The molecular formula is C19H24O5. The van der Waals surface area contributed by atoms with Crippen LogP contribution in [0.15, 0.2) is 30.4 Å². The van der Waals surface area contributed by atoms with E-state index in [4.69, 9.17) is 9.84 Å². The van der Waals surface area contributed by atoms with E-state index in [1.165, 1.54) is 7.11 Å². The second-order valence-corrected chi connectivity index (χ2v) is 6.44. The second kappa shape index (κ2) is 7.36. The van der Waals surface area contributed by atoms with Crippen molar-refractivity contribution in [2.75, 3.05) is 13.7 Å². The van der Waals surface area contributed by atoms with Gasteiger partial charge in [0.1, 0.15) is 11.9 Å². The lowest BCUT2D eigenvalue weighted by Crippen LogP contribution is -2.16. The molecule has 1 heterocycles. The van der Waals surface area contributed by atoms with E-state index in [0.717, 1.165) is 29.7 Å². The average Bonchev–Trinajstić information content (AvgIpc) is 3.08. The fraction of sp³-hybridized carbons (Fsp3) is 0.526. The molecule has 24 heavy (non-hydrogen) atoms. The predicted octanol–water partition coefficient (Wildman–Crippen LogP) is 1.96. The van der Waals surface area contributed by atoms with Crippen LogP contribution in [0.1, 0.15) is 36.3 Å². The molecule has 2 N–H and O–H groups in total. The molecule has 1 aromatic rings. The fourth-order valence-corrected chi connectivity index (χ4v) is 3.91. The van der Waals surface area contributed by atoms with Gasteiger partial charge >= 0.3 is 5.97 Å². The molecule has 0 bridgehead atoms. The SMILES string of the molecule is COC(=O)CCCc1cccc2c1O[C@H]1C[C@@H](O)[C@H](/C=C/CO)[C@@H]21. The first kappa shape index (κ1) is 17.0. The zero-order valence-corrected chi connectivity index (χ0v) is 13.9. The summed E-state index contributed by atoms with van der Waals surface area (Å²) in [5.74, 6) is 0.802. The molecule has 1 fully saturated rings. The maximum atomic E-state index is 11.3. The van der Waals surface area contributed by atoms with Crippen molar-refractivity contribution in [2.45, 2.75) is 43.8 Å². The summed E-state index contributed by atoms with van der Waals surface area (Å²) in [5, 5.41) is 19.3. The topological polar surface area (TPSA) is 76.0 Å². The number of aliphatic hydroxyl groups is 2. The number of fused-ring (bicyclic) bond motifs is 3. The monoisotopic (exact) mass is 332 g/mol. The molecule has 130 valence electrons. The molecule has 1 aromatic carbocycles. The standard InChI is InChI=1S/C19H24O5/c1-23-17(22)9-3-6-12-5-2-7-14-18-13(8-4-10-20)15(21)11-16(18)24-19(12)14/h2,4-5,7-8,13,15-16,18,20-21H,3,6,9-11H2,1H3/b8-4+/t13-,15+,16-,18-/m0/s1. The minimum Gasteiger partial charge on any atom is -0.489 e. The van der Waals surface area contributed by atoms with Crippen LogP contribution in [0.3, 0.4) is 0 Å². The Labute approximate surface area is 141 Å². The first-order valence-electron chi connectivity index (χ1n) is 8.46. The summed E-state index contributed by atoms with van der Waals surface area (Å²) in [4.78, 5) is 11.3. The number of carbonyl (C=O) groups is 1. The van der Waals surface area contributed by atoms with Gasteiger partial charge in [0.15, 0.2) is 0 Å². The normalized spacial score (nSPS) is 27.8. The molecule has 0 spiro atoms. The number of aliphatic hydroxyl groups excluding tert-OH is 2. The van der Waals surface area contributed by atoms with E-state index in [-0.39, 0.29) is 30.5 Å². The Kier molecular flexibility index (Phi) is 5.21. The first-order chi connectivity index (χ1) is 11.7. The highest BCUT2D eigenvalue weighted by Crippen LogP contribution is 2.51. The van der Waals surface area contributed by atoms with E-state index in [9.17, 15) is 9.90 Å². The number of methoxy groups -OCH3 is 1. The van der Waals surface area contributed by atoms with Crippen LogP contribution >= 0.6 is 0 Å². The molecule has 5 nitrogen and oxygen atoms in total. The van der Waals surface area contributed by atoms with Crippen molar-refractivity contribution < 1.29 is 24.5 Å². The number of ether oxygens (including phenoxy) is 2. The number of benzene rings is 1. The van der Waals surface area contributed by atoms with E-state index in [1.54, 1.807) is 6.08 Å². The molecule has 4 atom stereocenters. The number of hydrogen-bond donors (Lipinski definition) is 2. The smallest absolute Gasteiger partial charge is 0.305 e. The molecule has 1 aliphatic heterocycles. The maximum Gasteiger partial charge on any atom is 0.305 e. The Morgan fingerprint density at radius 1 is 1.46 bits per heavy atom. The van der Waals surface area contributed by atoms with Gasteiger partial charge in [-0.3, -0.25) is 4.79 Å². The summed E-state index contributed by atoms with van der Waals surface area (Å²) in [7, 11) is 1.40. The van der Waals surface area contributed by atoms with Crippen LogP contribution in [0, 0.1) is 5.92 Å². The van der Waals surface area contributed by atoms with Gasteiger partial charge in [0.05, 0.1) is 19.8 Å². The molecule has 0 unspecified atom stereocenters. The van der Waals surface area contributed by atoms with Crippen molar-refractivity contribution in [2.24, 2.45) is 5.92 Å². The highest BCUT2D eigenvalue weighted by molar-refractivity contribution is 5.69. The number of para-hydroxylation sites is 1. The highest BCUT2D eigenvalue weighted by atomic mass is 16.5. The van der Waals surface area contributed by atoms with Gasteiger partial charge in [0.25, 0.3) is 0 Å². The zero-order chi connectivity index (χ0) is 17.1. The molecular weight excluding hydrogens is 308 g/mol. The van der Waals surface area contributed by atoms with Gasteiger partial charge in [-0.05, 0) is 18.4 Å². The van der Waals surface area contributed by atoms with Crippen LogP contribution in [0.25, 0.3) is 0 Å².